The van der Waals surface area contributed by atoms with Crippen molar-refractivity contribution in [3.63, 3.8) is 0 Å². The van der Waals surface area contributed by atoms with Gasteiger partial charge in [-0.2, -0.15) is 0 Å². The van der Waals surface area contributed by atoms with E-state index in [0.717, 1.165) is 11.3 Å². The number of nitrogens with two attached hydrogens (primary N) is 1. The van der Waals surface area contributed by atoms with Crippen LogP contribution in [0.1, 0.15) is 31.2 Å². The first-order valence-corrected chi connectivity index (χ1v) is 7.04. The van der Waals surface area contributed by atoms with Crippen LogP contribution < -0.4 is 16.2 Å². The number of thiocarbonyl (C=S) groups is 1. The van der Waals surface area contributed by atoms with Crippen LogP contribution in [0, 0.1) is 0 Å². The second kappa shape index (κ2) is 6.05. The van der Waals surface area contributed by atoms with E-state index in [9.17, 15) is 4.79 Å². The molecule has 0 saturated carbocycles. The maximum Gasteiger partial charge on any atom is 0.253 e. The van der Waals surface area contributed by atoms with Gasteiger partial charge in [-0.15, -0.1) is 0 Å². The van der Waals surface area contributed by atoms with E-state index < -0.39 is 0 Å². The smallest absolute Gasteiger partial charge is 0.253 e. The summed E-state index contributed by atoms with van der Waals surface area (Å²) in [4.78, 5) is 21.2. The van der Waals surface area contributed by atoms with Crippen LogP contribution in [-0.2, 0) is 0 Å². The number of rotatable bonds is 4. The number of aromatic amines is 1. The maximum atomic E-state index is 11.8. The summed E-state index contributed by atoms with van der Waals surface area (Å²) in [6.07, 6.45) is 0. The number of nitrogens with zero attached hydrogens (tertiary/aromatic N) is 2. The lowest BCUT2D eigenvalue weighted by Gasteiger charge is -2.21. The molecular formula is C15H18N4OS. The van der Waals surface area contributed by atoms with Crippen molar-refractivity contribution in [1.82, 2.24) is 9.97 Å². The molecule has 5 nitrogen and oxygen atoms in total. The van der Waals surface area contributed by atoms with Crippen LogP contribution in [0.4, 0.5) is 11.5 Å². The minimum Gasteiger partial charge on any atom is -0.389 e. The van der Waals surface area contributed by atoms with Crippen molar-refractivity contribution in [3.8, 4) is 0 Å². The van der Waals surface area contributed by atoms with Crippen LogP contribution in [0.3, 0.4) is 0 Å². The van der Waals surface area contributed by atoms with E-state index in [1.54, 1.807) is 0 Å². The predicted molar refractivity (Wildman–Crippen MR) is 89.3 cm³/mol. The molecule has 21 heavy (non-hydrogen) atoms. The highest BCUT2D eigenvalue weighted by atomic mass is 32.1. The molecule has 0 aliphatic heterocycles. The molecule has 0 spiro atoms. The van der Waals surface area contributed by atoms with E-state index in [0.29, 0.717) is 16.6 Å². The van der Waals surface area contributed by atoms with Gasteiger partial charge in [-0.05, 0) is 12.1 Å². The molecule has 0 aliphatic rings. The molecule has 1 aromatic heterocycles. The average Bonchev–Trinajstić information content (AvgIpc) is 2.45. The fourth-order valence-corrected chi connectivity index (χ4v) is 2.18. The Hall–Kier alpha value is -2.21. The fourth-order valence-electron chi connectivity index (χ4n) is 2.01. The van der Waals surface area contributed by atoms with E-state index >= 15 is 0 Å². The van der Waals surface area contributed by atoms with E-state index in [-0.39, 0.29) is 11.5 Å². The number of aromatic nitrogens is 2. The predicted octanol–water partition coefficient (Wildman–Crippen LogP) is 2.30. The van der Waals surface area contributed by atoms with E-state index in [1.807, 2.05) is 50.1 Å². The molecule has 0 unspecified atom stereocenters. The molecule has 2 rings (SSSR count). The zero-order valence-corrected chi connectivity index (χ0v) is 13.1. The SMILES string of the molecule is CC(C)c1nc(N(C)c2ccccc2C(N)=S)cc(=O)[nH]1. The third kappa shape index (κ3) is 3.28. The molecule has 1 heterocycles. The van der Waals surface area contributed by atoms with Crippen LogP contribution in [0.25, 0.3) is 0 Å². The summed E-state index contributed by atoms with van der Waals surface area (Å²) in [5.74, 6) is 1.35. The fraction of sp³-hybridized carbons (Fsp3) is 0.267. The lowest BCUT2D eigenvalue weighted by Crippen LogP contribution is -2.21. The number of anilines is 2. The minimum atomic E-state index is -0.177. The van der Waals surface area contributed by atoms with Crippen molar-refractivity contribution in [1.29, 1.82) is 0 Å². The summed E-state index contributed by atoms with van der Waals surface area (Å²) in [5.41, 5.74) is 7.15. The number of benzene rings is 1. The van der Waals surface area contributed by atoms with Gasteiger partial charge in [0.2, 0.25) is 0 Å². The maximum absolute atomic E-state index is 11.8. The van der Waals surface area contributed by atoms with E-state index in [1.165, 1.54) is 6.07 Å². The molecule has 0 aliphatic carbocycles. The molecule has 0 radical (unpaired) electrons. The topological polar surface area (TPSA) is 75.0 Å². The largest absolute Gasteiger partial charge is 0.389 e. The lowest BCUT2D eigenvalue weighted by molar-refractivity contribution is 0.764. The van der Waals surface area contributed by atoms with Gasteiger partial charge in [-0.1, -0.05) is 38.2 Å². The Balaban J connectivity index is 2.52. The molecule has 0 amide bonds. The molecule has 0 saturated heterocycles. The lowest BCUT2D eigenvalue weighted by atomic mass is 10.1. The van der Waals surface area contributed by atoms with Gasteiger partial charge in [0.05, 0.1) is 5.69 Å². The van der Waals surface area contributed by atoms with Crippen LogP contribution in [0.15, 0.2) is 35.1 Å². The highest BCUT2D eigenvalue weighted by Gasteiger charge is 2.14. The van der Waals surface area contributed by atoms with Gasteiger partial charge in [-0.25, -0.2) is 4.98 Å². The first-order valence-electron chi connectivity index (χ1n) is 6.64. The van der Waals surface area contributed by atoms with E-state index in [2.05, 4.69) is 9.97 Å². The van der Waals surface area contributed by atoms with Gasteiger partial charge in [0, 0.05) is 24.6 Å². The van der Waals surface area contributed by atoms with Crippen molar-refractivity contribution in [2.45, 2.75) is 19.8 Å². The summed E-state index contributed by atoms with van der Waals surface area (Å²) < 4.78 is 0. The van der Waals surface area contributed by atoms with E-state index in [4.69, 9.17) is 18.0 Å². The van der Waals surface area contributed by atoms with Crippen molar-refractivity contribution in [2.24, 2.45) is 5.73 Å². The standard InChI is InChI=1S/C15H18N4OS/c1-9(2)15-17-12(8-13(20)18-15)19(3)11-7-5-4-6-10(11)14(16)21/h4-9H,1-3H3,(H2,16,21)(H,17,18,20). The van der Waals surface area contributed by atoms with Crippen LogP contribution in [0.5, 0.6) is 0 Å². The second-order valence-corrected chi connectivity index (χ2v) is 5.52. The van der Waals surface area contributed by atoms with Gasteiger partial charge >= 0.3 is 0 Å². The molecule has 2 aromatic rings. The Morgan fingerprint density at radius 3 is 2.67 bits per heavy atom. The van der Waals surface area contributed by atoms with Crippen molar-refractivity contribution in [3.05, 3.63) is 52.1 Å². The van der Waals surface area contributed by atoms with Gasteiger partial charge < -0.3 is 15.6 Å². The zero-order valence-electron chi connectivity index (χ0n) is 12.3. The molecular weight excluding hydrogens is 284 g/mol. The number of nitrogens with one attached hydrogen (secondary N) is 1. The quantitative estimate of drug-likeness (QED) is 0.848. The van der Waals surface area contributed by atoms with Gasteiger partial charge in [-0.3, -0.25) is 4.79 Å². The molecule has 0 bridgehead atoms. The highest BCUT2D eigenvalue weighted by molar-refractivity contribution is 7.80. The normalized spacial score (nSPS) is 10.7. The Morgan fingerprint density at radius 1 is 1.38 bits per heavy atom. The summed E-state index contributed by atoms with van der Waals surface area (Å²) in [7, 11) is 1.84. The number of hydrogen-bond acceptors (Lipinski definition) is 4. The Kier molecular flexibility index (Phi) is 4.37. The average molecular weight is 302 g/mol. The first-order chi connectivity index (χ1) is 9.90. The highest BCUT2D eigenvalue weighted by Crippen LogP contribution is 2.25. The van der Waals surface area contributed by atoms with Crippen LogP contribution in [-0.4, -0.2) is 22.0 Å². The zero-order chi connectivity index (χ0) is 15.6. The Morgan fingerprint density at radius 2 is 2.05 bits per heavy atom. The summed E-state index contributed by atoms with van der Waals surface area (Å²) in [6.45, 7) is 3.95. The molecule has 6 heteroatoms. The summed E-state index contributed by atoms with van der Waals surface area (Å²) >= 11 is 5.07. The molecule has 110 valence electrons. The van der Waals surface area contributed by atoms with Gasteiger partial charge in [0.1, 0.15) is 16.6 Å². The van der Waals surface area contributed by atoms with Crippen molar-refractivity contribution in [2.75, 3.05) is 11.9 Å². The summed E-state index contributed by atoms with van der Waals surface area (Å²) in [5, 5.41) is 0. The molecule has 1 aromatic carbocycles. The third-order valence-electron chi connectivity index (χ3n) is 3.17. The number of H-pyrrole nitrogens is 1. The monoisotopic (exact) mass is 302 g/mol. The summed E-state index contributed by atoms with van der Waals surface area (Å²) in [6, 6.07) is 8.97. The van der Waals surface area contributed by atoms with Crippen LogP contribution in [0.2, 0.25) is 0 Å². The molecule has 0 fully saturated rings. The van der Waals surface area contributed by atoms with Crippen molar-refractivity contribution >= 4 is 28.7 Å². The number of para-hydroxylation sites is 1. The molecule has 3 N–H and O–H groups in total. The van der Waals surface area contributed by atoms with Gasteiger partial charge in [0.25, 0.3) is 5.56 Å². The Labute approximate surface area is 128 Å². The third-order valence-corrected chi connectivity index (χ3v) is 3.39. The second-order valence-electron chi connectivity index (χ2n) is 5.08. The van der Waals surface area contributed by atoms with Gasteiger partial charge in [0.15, 0.2) is 0 Å². The van der Waals surface area contributed by atoms with Crippen molar-refractivity contribution < 1.29 is 0 Å². The number of hydrogen-bond donors (Lipinski definition) is 2. The minimum absolute atomic E-state index is 0.136. The first kappa shape index (κ1) is 15.2. The molecule has 0 atom stereocenters. The Bertz CT molecular complexity index is 724. The van der Waals surface area contributed by atoms with Crippen LogP contribution >= 0.6 is 12.2 Å².